The monoisotopic (exact) mass is 277 g/mol. The highest BCUT2D eigenvalue weighted by atomic mass is 16.5. The number of carbonyl (C=O) groups is 1. The van der Waals surface area contributed by atoms with E-state index in [2.05, 4.69) is 10.3 Å². The van der Waals surface area contributed by atoms with Crippen LogP contribution in [-0.2, 0) is 4.74 Å². The van der Waals surface area contributed by atoms with E-state index in [0.717, 1.165) is 30.9 Å². The molecule has 0 aromatic carbocycles. The smallest absolute Gasteiger partial charge is 0.254 e. The van der Waals surface area contributed by atoms with Gasteiger partial charge in [0, 0.05) is 37.5 Å². The number of hydrogen-bond donors (Lipinski definition) is 1. The van der Waals surface area contributed by atoms with E-state index in [1.54, 1.807) is 7.11 Å². The molecule has 0 spiro atoms. The van der Waals surface area contributed by atoms with Gasteiger partial charge in [-0.2, -0.15) is 0 Å². The molecule has 0 radical (unpaired) electrons. The number of hydrogen-bond acceptors (Lipinski definition) is 4. The third-order valence-corrected chi connectivity index (χ3v) is 3.34. The first-order chi connectivity index (χ1) is 9.65. The fraction of sp³-hybridized carbons (Fsp3) is 0.600. The first-order valence-corrected chi connectivity index (χ1v) is 7.18. The second-order valence-corrected chi connectivity index (χ2v) is 5.14. The Morgan fingerprint density at radius 2 is 2.25 bits per heavy atom. The molecule has 1 aliphatic carbocycles. The quantitative estimate of drug-likeness (QED) is 0.829. The third kappa shape index (κ3) is 3.70. The van der Waals surface area contributed by atoms with Crippen LogP contribution in [0.2, 0.25) is 0 Å². The van der Waals surface area contributed by atoms with Crippen LogP contribution in [0.25, 0.3) is 0 Å². The molecule has 0 saturated heterocycles. The zero-order valence-corrected chi connectivity index (χ0v) is 12.5. The lowest BCUT2D eigenvalue weighted by Gasteiger charge is -2.22. The maximum atomic E-state index is 12.7. The molecule has 0 atom stereocenters. The summed E-state index contributed by atoms with van der Waals surface area (Å²) >= 11 is 0. The molecular formula is C15H23N3O2. The van der Waals surface area contributed by atoms with Gasteiger partial charge in [-0.3, -0.25) is 4.79 Å². The van der Waals surface area contributed by atoms with Gasteiger partial charge in [0.2, 0.25) is 0 Å². The summed E-state index contributed by atoms with van der Waals surface area (Å²) in [4.78, 5) is 19.0. The van der Waals surface area contributed by atoms with Gasteiger partial charge in [0.05, 0.1) is 6.61 Å². The molecule has 1 aromatic rings. The second kappa shape index (κ2) is 6.70. The summed E-state index contributed by atoms with van der Waals surface area (Å²) in [5.41, 5.74) is 1.56. The average Bonchev–Trinajstić information content (AvgIpc) is 3.23. The standard InChI is InChI=1S/C15H23N3O2/c1-4-16-14-10-12(9-11(2)17-14)15(19)18(7-8-20-3)13-5-6-13/h9-10,13H,4-8H2,1-3H3,(H,16,17). The number of pyridine rings is 1. The van der Waals surface area contributed by atoms with Crippen molar-refractivity contribution in [1.82, 2.24) is 9.88 Å². The summed E-state index contributed by atoms with van der Waals surface area (Å²) in [6, 6.07) is 4.07. The summed E-state index contributed by atoms with van der Waals surface area (Å²) in [6.07, 6.45) is 2.19. The molecule has 1 saturated carbocycles. The van der Waals surface area contributed by atoms with Crippen LogP contribution in [-0.4, -0.2) is 48.6 Å². The molecule has 1 N–H and O–H groups in total. The summed E-state index contributed by atoms with van der Waals surface area (Å²) in [5, 5.41) is 3.16. The maximum Gasteiger partial charge on any atom is 0.254 e. The van der Waals surface area contributed by atoms with Gasteiger partial charge < -0.3 is 15.0 Å². The lowest BCUT2D eigenvalue weighted by atomic mass is 10.2. The largest absolute Gasteiger partial charge is 0.383 e. The molecule has 1 aliphatic rings. The maximum absolute atomic E-state index is 12.7. The molecule has 0 bridgehead atoms. The van der Waals surface area contributed by atoms with E-state index in [1.807, 2.05) is 30.9 Å². The normalized spacial score (nSPS) is 14.2. The highest BCUT2D eigenvalue weighted by Crippen LogP contribution is 2.28. The van der Waals surface area contributed by atoms with Gasteiger partial charge >= 0.3 is 0 Å². The highest BCUT2D eigenvalue weighted by Gasteiger charge is 2.32. The van der Waals surface area contributed by atoms with Crippen LogP contribution < -0.4 is 5.32 Å². The molecule has 5 nitrogen and oxygen atoms in total. The molecule has 20 heavy (non-hydrogen) atoms. The SMILES string of the molecule is CCNc1cc(C(=O)N(CCOC)C2CC2)cc(C)n1. The van der Waals surface area contributed by atoms with Crippen molar-refractivity contribution in [2.24, 2.45) is 0 Å². The number of aryl methyl sites for hydroxylation is 1. The van der Waals surface area contributed by atoms with Crippen LogP contribution in [0.1, 0.15) is 35.8 Å². The van der Waals surface area contributed by atoms with Crippen molar-refractivity contribution in [2.75, 3.05) is 32.1 Å². The van der Waals surface area contributed by atoms with E-state index >= 15 is 0 Å². The number of amides is 1. The summed E-state index contributed by atoms with van der Waals surface area (Å²) in [5.74, 6) is 0.840. The van der Waals surface area contributed by atoms with E-state index < -0.39 is 0 Å². The van der Waals surface area contributed by atoms with Crippen molar-refractivity contribution < 1.29 is 9.53 Å². The molecule has 2 rings (SSSR count). The van der Waals surface area contributed by atoms with Crippen LogP contribution in [0.4, 0.5) is 5.82 Å². The number of nitrogens with zero attached hydrogens (tertiary/aromatic N) is 2. The molecule has 0 unspecified atom stereocenters. The zero-order valence-electron chi connectivity index (χ0n) is 12.5. The Hall–Kier alpha value is -1.62. The Kier molecular flexibility index (Phi) is 4.95. The van der Waals surface area contributed by atoms with Gasteiger partial charge in [0.15, 0.2) is 0 Å². The third-order valence-electron chi connectivity index (χ3n) is 3.34. The number of ether oxygens (including phenoxy) is 1. The second-order valence-electron chi connectivity index (χ2n) is 5.14. The first kappa shape index (κ1) is 14.8. The molecular weight excluding hydrogens is 254 g/mol. The molecule has 5 heteroatoms. The molecule has 0 aliphatic heterocycles. The fourth-order valence-electron chi connectivity index (χ4n) is 2.26. The molecule has 1 fully saturated rings. The van der Waals surface area contributed by atoms with Gasteiger partial charge in [0.1, 0.15) is 5.82 Å². The number of carbonyl (C=O) groups excluding carboxylic acids is 1. The number of aromatic nitrogens is 1. The van der Waals surface area contributed by atoms with Crippen LogP contribution in [0.3, 0.4) is 0 Å². The van der Waals surface area contributed by atoms with Gasteiger partial charge in [-0.25, -0.2) is 4.98 Å². The molecule has 1 amide bonds. The van der Waals surface area contributed by atoms with Crippen LogP contribution in [0.5, 0.6) is 0 Å². The Balaban J connectivity index is 2.17. The Morgan fingerprint density at radius 3 is 2.85 bits per heavy atom. The van der Waals surface area contributed by atoms with Crippen molar-refractivity contribution in [2.45, 2.75) is 32.7 Å². The van der Waals surface area contributed by atoms with Crippen molar-refractivity contribution >= 4 is 11.7 Å². The Bertz CT molecular complexity index is 472. The number of anilines is 1. The number of nitrogens with one attached hydrogen (secondary N) is 1. The van der Waals surface area contributed by atoms with Crippen LogP contribution in [0.15, 0.2) is 12.1 Å². The van der Waals surface area contributed by atoms with E-state index in [-0.39, 0.29) is 5.91 Å². The van der Waals surface area contributed by atoms with E-state index in [1.165, 1.54) is 0 Å². The predicted octanol–water partition coefficient (Wildman–Crippen LogP) is 2.07. The van der Waals surface area contributed by atoms with Gasteiger partial charge in [-0.15, -0.1) is 0 Å². The summed E-state index contributed by atoms with van der Waals surface area (Å²) < 4.78 is 5.10. The Morgan fingerprint density at radius 1 is 1.50 bits per heavy atom. The zero-order chi connectivity index (χ0) is 14.5. The number of methoxy groups -OCH3 is 1. The van der Waals surface area contributed by atoms with E-state index in [9.17, 15) is 4.79 Å². The van der Waals surface area contributed by atoms with Crippen LogP contribution >= 0.6 is 0 Å². The minimum Gasteiger partial charge on any atom is -0.383 e. The number of rotatable bonds is 7. The fourth-order valence-corrected chi connectivity index (χ4v) is 2.26. The van der Waals surface area contributed by atoms with Crippen molar-refractivity contribution in [1.29, 1.82) is 0 Å². The highest BCUT2D eigenvalue weighted by molar-refractivity contribution is 5.95. The predicted molar refractivity (Wildman–Crippen MR) is 79.1 cm³/mol. The average molecular weight is 277 g/mol. The first-order valence-electron chi connectivity index (χ1n) is 7.18. The molecule has 1 aromatic heterocycles. The lowest BCUT2D eigenvalue weighted by molar-refractivity contribution is 0.0680. The van der Waals surface area contributed by atoms with E-state index in [0.29, 0.717) is 24.8 Å². The molecule has 110 valence electrons. The minimum absolute atomic E-state index is 0.0780. The van der Waals surface area contributed by atoms with Crippen molar-refractivity contribution in [3.63, 3.8) is 0 Å². The van der Waals surface area contributed by atoms with Gasteiger partial charge in [-0.05, 0) is 38.8 Å². The van der Waals surface area contributed by atoms with Gasteiger partial charge in [-0.1, -0.05) is 0 Å². The molecule has 1 heterocycles. The van der Waals surface area contributed by atoms with Gasteiger partial charge in [0.25, 0.3) is 5.91 Å². The lowest BCUT2D eigenvalue weighted by Crippen LogP contribution is -2.36. The summed E-state index contributed by atoms with van der Waals surface area (Å²) in [7, 11) is 1.66. The summed E-state index contributed by atoms with van der Waals surface area (Å²) in [6.45, 7) is 5.94. The van der Waals surface area contributed by atoms with Crippen molar-refractivity contribution in [3.8, 4) is 0 Å². The minimum atomic E-state index is 0.0780. The Labute approximate surface area is 120 Å². The van der Waals surface area contributed by atoms with E-state index in [4.69, 9.17) is 4.74 Å². The topological polar surface area (TPSA) is 54.5 Å². The van der Waals surface area contributed by atoms with Crippen molar-refractivity contribution in [3.05, 3.63) is 23.4 Å². The van der Waals surface area contributed by atoms with Crippen LogP contribution in [0, 0.1) is 6.92 Å².